The molecular weight excluding hydrogens is 244 g/mol. The van der Waals surface area contributed by atoms with Gasteiger partial charge in [0.05, 0.1) is 14.2 Å². The second-order valence-corrected chi connectivity index (χ2v) is 5.09. The fraction of sp³-hybridized carbons (Fsp3) is 0.500. The molecule has 1 aromatic carbocycles. The number of ether oxygens (including phenoxy) is 2. The summed E-state index contributed by atoms with van der Waals surface area (Å²) in [6.07, 6.45) is 0. The van der Waals surface area contributed by atoms with Crippen molar-refractivity contribution in [3.8, 4) is 11.5 Å². The van der Waals surface area contributed by atoms with E-state index < -0.39 is 0 Å². The van der Waals surface area contributed by atoms with Gasteiger partial charge >= 0.3 is 0 Å². The largest absolute Gasteiger partial charge is 0.496 e. The first-order chi connectivity index (χ1) is 8.95. The Morgan fingerprint density at radius 2 is 1.79 bits per heavy atom. The number of hydrogen-bond donors (Lipinski definition) is 2. The molecule has 0 aromatic heterocycles. The number of carbonyl (C=O) groups is 1. The number of methoxy groups -OCH3 is 2. The predicted octanol–water partition coefficient (Wildman–Crippen LogP) is 1.42. The molecule has 1 rings (SSSR count). The van der Waals surface area contributed by atoms with Gasteiger partial charge in [-0.1, -0.05) is 19.9 Å². The van der Waals surface area contributed by atoms with Gasteiger partial charge in [0.1, 0.15) is 17.1 Å². The first-order valence-corrected chi connectivity index (χ1v) is 6.14. The van der Waals surface area contributed by atoms with E-state index in [1.807, 2.05) is 13.8 Å². The Morgan fingerprint density at radius 3 is 2.21 bits per heavy atom. The monoisotopic (exact) mass is 266 g/mol. The molecule has 0 aliphatic heterocycles. The Hall–Kier alpha value is -1.75. The van der Waals surface area contributed by atoms with Gasteiger partial charge in [-0.25, -0.2) is 0 Å². The second kappa shape index (κ2) is 6.43. The van der Waals surface area contributed by atoms with Crippen LogP contribution in [0.1, 0.15) is 24.2 Å². The minimum absolute atomic E-state index is 0.148. The third-order valence-electron chi connectivity index (χ3n) is 2.93. The maximum atomic E-state index is 12.3. The van der Waals surface area contributed by atoms with Gasteiger partial charge in [0, 0.05) is 6.54 Å². The Balaban J connectivity index is 2.93. The Kier molecular flexibility index (Phi) is 5.18. The first-order valence-electron chi connectivity index (χ1n) is 6.14. The molecule has 1 aromatic rings. The van der Waals surface area contributed by atoms with Crippen molar-refractivity contribution in [3.05, 3.63) is 23.8 Å². The van der Waals surface area contributed by atoms with Crippen LogP contribution in [0.4, 0.5) is 0 Å². The lowest BCUT2D eigenvalue weighted by molar-refractivity contribution is 0.0931. The van der Waals surface area contributed by atoms with Gasteiger partial charge in [-0.3, -0.25) is 4.79 Å². The van der Waals surface area contributed by atoms with E-state index in [0.717, 1.165) is 0 Å². The highest BCUT2D eigenvalue weighted by Crippen LogP contribution is 2.28. The minimum atomic E-state index is -0.226. The summed E-state index contributed by atoms with van der Waals surface area (Å²) in [4.78, 5) is 12.3. The fourth-order valence-corrected chi connectivity index (χ4v) is 1.56. The predicted molar refractivity (Wildman–Crippen MR) is 74.7 cm³/mol. The molecule has 1 amide bonds. The van der Waals surface area contributed by atoms with Crippen LogP contribution in [0.2, 0.25) is 0 Å². The maximum Gasteiger partial charge on any atom is 0.258 e. The van der Waals surface area contributed by atoms with E-state index in [4.69, 9.17) is 15.2 Å². The zero-order chi connectivity index (χ0) is 14.5. The maximum absolute atomic E-state index is 12.3. The molecule has 0 unspecified atom stereocenters. The van der Waals surface area contributed by atoms with E-state index in [0.29, 0.717) is 30.2 Å². The molecule has 19 heavy (non-hydrogen) atoms. The van der Waals surface area contributed by atoms with Crippen LogP contribution in [-0.2, 0) is 0 Å². The molecule has 0 spiro atoms. The number of hydrogen-bond acceptors (Lipinski definition) is 4. The molecule has 0 aliphatic carbocycles. The third-order valence-corrected chi connectivity index (χ3v) is 2.93. The highest BCUT2D eigenvalue weighted by Gasteiger charge is 2.21. The minimum Gasteiger partial charge on any atom is -0.496 e. The lowest BCUT2D eigenvalue weighted by Gasteiger charge is -2.23. The van der Waals surface area contributed by atoms with E-state index in [1.165, 1.54) is 14.2 Å². The smallest absolute Gasteiger partial charge is 0.258 e. The summed E-state index contributed by atoms with van der Waals surface area (Å²) >= 11 is 0. The molecule has 5 nitrogen and oxygen atoms in total. The average Bonchev–Trinajstić information content (AvgIpc) is 2.43. The van der Waals surface area contributed by atoms with E-state index in [1.54, 1.807) is 18.2 Å². The van der Waals surface area contributed by atoms with Crippen LogP contribution < -0.4 is 20.5 Å². The first kappa shape index (κ1) is 15.3. The van der Waals surface area contributed by atoms with Crippen LogP contribution in [0.25, 0.3) is 0 Å². The summed E-state index contributed by atoms with van der Waals surface area (Å²) in [5, 5.41) is 2.86. The summed E-state index contributed by atoms with van der Waals surface area (Å²) < 4.78 is 10.4. The van der Waals surface area contributed by atoms with Crippen molar-refractivity contribution >= 4 is 5.91 Å². The second-order valence-electron chi connectivity index (χ2n) is 5.09. The third kappa shape index (κ3) is 3.86. The van der Waals surface area contributed by atoms with Crippen LogP contribution in [0.5, 0.6) is 11.5 Å². The molecule has 0 saturated carbocycles. The molecule has 5 heteroatoms. The normalized spacial score (nSPS) is 11.0. The highest BCUT2D eigenvalue weighted by atomic mass is 16.5. The topological polar surface area (TPSA) is 73.6 Å². The van der Waals surface area contributed by atoms with Crippen molar-refractivity contribution in [2.45, 2.75) is 13.8 Å². The molecule has 0 aliphatic rings. The zero-order valence-electron chi connectivity index (χ0n) is 11.9. The van der Waals surface area contributed by atoms with Crippen molar-refractivity contribution in [1.29, 1.82) is 0 Å². The van der Waals surface area contributed by atoms with E-state index >= 15 is 0 Å². The van der Waals surface area contributed by atoms with Gasteiger partial charge in [0.2, 0.25) is 0 Å². The van der Waals surface area contributed by atoms with Crippen molar-refractivity contribution in [2.24, 2.45) is 11.1 Å². The Labute approximate surface area is 114 Å². The molecule has 0 fully saturated rings. The zero-order valence-corrected chi connectivity index (χ0v) is 11.9. The standard InChI is InChI=1S/C14H22N2O3/c1-14(2,8-15)9-16-13(17)12-10(18-3)6-5-7-11(12)19-4/h5-7H,8-9,15H2,1-4H3,(H,16,17). The van der Waals surface area contributed by atoms with Crippen LogP contribution in [-0.4, -0.2) is 33.2 Å². The molecule has 0 atom stereocenters. The highest BCUT2D eigenvalue weighted by molar-refractivity contribution is 5.99. The van der Waals surface area contributed by atoms with Gasteiger partial charge in [0.15, 0.2) is 0 Å². The van der Waals surface area contributed by atoms with Gasteiger partial charge in [-0.15, -0.1) is 0 Å². The quantitative estimate of drug-likeness (QED) is 0.816. The number of benzene rings is 1. The lowest BCUT2D eigenvalue weighted by atomic mass is 9.94. The van der Waals surface area contributed by atoms with Crippen molar-refractivity contribution in [2.75, 3.05) is 27.3 Å². The van der Waals surface area contributed by atoms with Gasteiger partial charge < -0.3 is 20.5 Å². The van der Waals surface area contributed by atoms with Crippen LogP contribution in [0, 0.1) is 5.41 Å². The van der Waals surface area contributed by atoms with Crippen molar-refractivity contribution in [3.63, 3.8) is 0 Å². The van der Waals surface area contributed by atoms with Crippen molar-refractivity contribution in [1.82, 2.24) is 5.32 Å². The fourth-order valence-electron chi connectivity index (χ4n) is 1.56. The SMILES string of the molecule is COc1cccc(OC)c1C(=O)NCC(C)(C)CN. The summed E-state index contributed by atoms with van der Waals surface area (Å²) in [5.41, 5.74) is 5.90. The van der Waals surface area contributed by atoms with Gasteiger partial charge in [-0.05, 0) is 24.1 Å². The van der Waals surface area contributed by atoms with E-state index in [9.17, 15) is 4.79 Å². The molecule has 0 radical (unpaired) electrons. The van der Waals surface area contributed by atoms with E-state index in [-0.39, 0.29) is 11.3 Å². The average molecular weight is 266 g/mol. The van der Waals surface area contributed by atoms with Crippen LogP contribution >= 0.6 is 0 Å². The Morgan fingerprint density at radius 1 is 1.26 bits per heavy atom. The Bertz CT molecular complexity index is 422. The molecule has 0 heterocycles. The number of nitrogens with two attached hydrogens (primary N) is 1. The summed E-state index contributed by atoms with van der Waals surface area (Å²) in [6.45, 7) is 4.97. The number of nitrogens with one attached hydrogen (secondary N) is 1. The van der Waals surface area contributed by atoms with Gasteiger partial charge in [-0.2, -0.15) is 0 Å². The number of amides is 1. The lowest BCUT2D eigenvalue weighted by Crippen LogP contribution is -2.38. The molecule has 0 saturated heterocycles. The molecule has 3 N–H and O–H groups in total. The summed E-state index contributed by atoms with van der Waals surface area (Å²) in [5.74, 6) is 0.751. The number of carbonyl (C=O) groups excluding carboxylic acids is 1. The van der Waals surface area contributed by atoms with Gasteiger partial charge in [0.25, 0.3) is 5.91 Å². The van der Waals surface area contributed by atoms with Crippen molar-refractivity contribution < 1.29 is 14.3 Å². The molecule has 0 bridgehead atoms. The summed E-state index contributed by atoms with van der Waals surface area (Å²) in [6, 6.07) is 5.23. The van der Waals surface area contributed by atoms with Crippen LogP contribution in [0.15, 0.2) is 18.2 Å². The van der Waals surface area contributed by atoms with E-state index in [2.05, 4.69) is 5.32 Å². The molecular formula is C14H22N2O3. The van der Waals surface area contributed by atoms with Crippen LogP contribution in [0.3, 0.4) is 0 Å². The number of rotatable bonds is 6. The molecule has 106 valence electrons. The summed E-state index contributed by atoms with van der Waals surface area (Å²) in [7, 11) is 3.05.